The maximum absolute atomic E-state index is 12.9. The molecular weight excluding hydrogens is 311 g/mol. The molecule has 0 aliphatic heterocycles. The van der Waals surface area contributed by atoms with Crippen molar-refractivity contribution in [2.24, 2.45) is 5.92 Å². The minimum atomic E-state index is -0.295. The topological polar surface area (TPSA) is 79.2 Å². The fourth-order valence-electron chi connectivity index (χ4n) is 2.30. The Bertz CT molecular complexity index is 642. The second kappa shape index (κ2) is 9.02. The normalized spacial score (nSPS) is 12.0. The van der Waals surface area contributed by atoms with Gasteiger partial charge in [-0.1, -0.05) is 13.3 Å². The molecular formula is C17H23FN4O2. The van der Waals surface area contributed by atoms with Gasteiger partial charge in [-0.2, -0.15) is 5.10 Å². The monoisotopic (exact) mass is 334 g/mol. The highest BCUT2D eigenvalue weighted by Gasteiger charge is 2.08. The molecule has 1 unspecified atom stereocenters. The van der Waals surface area contributed by atoms with Crippen molar-refractivity contribution < 1.29 is 14.3 Å². The summed E-state index contributed by atoms with van der Waals surface area (Å²) >= 11 is 0. The third kappa shape index (κ3) is 5.34. The molecule has 1 heterocycles. The van der Waals surface area contributed by atoms with Crippen molar-refractivity contribution in [3.05, 3.63) is 48.0 Å². The summed E-state index contributed by atoms with van der Waals surface area (Å²) in [5.74, 6) is -0.0190. The first kappa shape index (κ1) is 17.9. The third-order valence-corrected chi connectivity index (χ3v) is 3.83. The van der Waals surface area contributed by atoms with E-state index in [-0.39, 0.29) is 24.4 Å². The maximum atomic E-state index is 12.9. The van der Waals surface area contributed by atoms with Crippen molar-refractivity contribution in [2.45, 2.75) is 26.3 Å². The van der Waals surface area contributed by atoms with E-state index in [0.717, 1.165) is 12.1 Å². The molecule has 2 aromatic rings. The highest BCUT2D eigenvalue weighted by molar-refractivity contribution is 5.73. The van der Waals surface area contributed by atoms with E-state index < -0.39 is 0 Å². The van der Waals surface area contributed by atoms with Crippen LogP contribution in [0.3, 0.4) is 0 Å². The average molecular weight is 334 g/mol. The Hall–Kier alpha value is -2.41. The fourth-order valence-corrected chi connectivity index (χ4v) is 2.30. The molecule has 1 atom stereocenters. The maximum Gasteiger partial charge on any atom is 0.315 e. The molecule has 0 spiro atoms. The average Bonchev–Trinajstić information content (AvgIpc) is 3.06. The van der Waals surface area contributed by atoms with Crippen LogP contribution in [0.1, 0.15) is 25.5 Å². The number of nitrogens with one attached hydrogen (secondary N) is 2. The van der Waals surface area contributed by atoms with Crippen molar-refractivity contribution >= 4 is 6.03 Å². The van der Waals surface area contributed by atoms with Crippen LogP contribution in [0.15, 0.2) is 36.5 Å². The third-order valence-electron chi connectivity index (χ3n) is 3.83. The number of halogens is 1. The second-order valence-electron chi connectivity index (χ2n) is 5.58. The van der Waals surface area contributed by atoms with E-state index in [9.17, 15) is 9.18 Å². The van der Waals surface area contributed by atoms with Crippen molar-refractivity contribution in [2.75, 3.05) is 13.2 Å². The predicted molar refractivity (Wildman–Crippen MR) is 89.2 cm³/mol. The van der Waals surface area contributed by atoms with Gasteiger partial charge in [-0.05, 0) is 42.7 Å². The highest BCUT2D eigenvalue weighted by atomic mass is 19.1. The lowest BCUT2D eigenvalue weighted by Crippen LogP contribution is -2.38. The Morgan fingerprint density at radius 1 is 1.29 bits per heavy atom. The van der Waals surface area contributed by atoms with Crippen molar-refractivity contribution in [3.63, 3.8) is 0 Å². The molecule has 24 heavy (non-hydrogen) atoms. The van der Waals surface area contributed by atoms with Gasteiger partial charge in [0.05, 0.1) is 17.9 Å². The number of urea groups is 1. The Labute approximate surface area is 140 Å². The van der Waals surface area contributed by atoms with Crippen molar-refractivity contribution in [1.29, 1.82) is 0 Å². The van der Waals surface area contributed by atoms with E-state index >= 15 is 0 Å². The number of aliphatic hydroxyl groups excluding tert-OH is 1. The number of carbonyl (C=O) groups is 1. The van der Waals surface area contributed by atoms with Crippen LogP contribution in [-0.2, 0) is 6.54 Å². The lowest BCUT2D eigenvalue weighted by atomic mass is 10.0. The minimum Gasteiger partial charge on any atom is -0.396 e. The van der Waals surface area contributed by atoms with Gasteiger partial charge >= 0.3 is 6.03 Å². The number of aliphatic hydroxyl groups is 1. The summed E-state index contributed by atoms with van der Waals surface area (Å²) in [7, 11) is 0. The van der Waals surface area contributed by atoms with Gasteiger partial charge < -0.3 is 15.7 Å². The Morgan fingerprint density at radius 2 is 2.04 bits per heavy atom. The van der Waals surface area contributed by atoms with Crippen LogP contribution in [0.2, 0.25) is 0 Å². The zero-order chi connectivity index (χ0) is 17.4. The summed E-state index contributed by atoms with van der Waals surface area (Å²) in [6.45, 7) is 2.99. The number of nitrogens with zero attached hydrogens (tertiary/aromatic N) is 2. The van der Waals surface area contributed by atoms with Gasteiger partial charge in [0.15, 0.2) is 0 Å². The summed E-state index contributed by atoms with van der Waals surface area (Å²) < 4.78 is 14.6. The predicted octanol–water partition coefficient (Wildman–Crippen LogP) is 2.22. The molecule has 1 aromatic carbocycles. The standard InChI is InChI=1S/C17H23FN4O2/c1-2-13(8-10-23)11-19-17(24)20-12-15-7-9-22(21-15)16-5-3-14(18)4-6-16/h3-7,9,13,23H,2,8,10-12H2,1H3,(H2,19,20,24). The van der Waals surface area contributed by atoms with E-state index in [1.54, 1.807) is 29.1 Å². The number of hydrogen-bond acceptors (Lipinski definition) is 3. The van der Waals surface area contributed by atoms with E-state index in [1.807, 2.05) is 6.92 Å². The van der Waals surface area contributed by atoms with Crippen LogP contribution in [0, 0.1) is 11.7 Å². The molecule has 3 N–H and O–H groups in total. The van der Waals surface area contributed by atoms with Crippen molar-refractivity contribution in [3.8, 4) is 5.69 Å². The Balaban J connectivity index is 1.80. The number of hydrogen-bond donors (Lipinski definition) is 3. The zero-order valence-corrected chi connectivity index (χ0v) is 13.7. The van der Waals surface area contributed by atoms with Gasteiger partial charge in [0, 0.05) is 19.3 Å². The SMILES string of the molecule is CCC(CCO)CNC(=O)NCc1ccn(-c2ccc(F)cc2)n1. The molecule has 2 rings (SSSR count). The summed E-state index contributed by atoms with van der Waals surface area (Å²) in [4.78, 5) is 11.8. The number of benzene rings is 1. The first-order chi connectivity index (χ1) is 11.6. The van der Waals surface area contributed by atoms with Gasteiger partial charge in [0.1, 0.15) is 5.82 Å². The molecule has 0 saturated heterocycles. The van der Waals surface area contributed by atoms with E-state index in [2.05, 4.69) is 15.7 Å². The zero-order valence-electron chi connectivity index (χ0n) is 13.7. The molecule has 0 fully saturated rings. The van der Waals surface area contributed by atoms with E-state index in [4.69, 9.17) is 5.11 Å². The molecule has 0 radical (unpaired) electrons. The van der Waals surface area contributed by atoms with Crippen LogP contribution in [0.25, 0.3) is 5.69 Å². The Kier molecular flexibility index (Phi) is 6.74. The summed E-state index contributed by atoms with van der Waals surface area (Å²) in [6.07, 6.45) is 3.35. The molecule has 6 nitrogen and oxygen atoms in total. The highest BCUT2D eigenvalue weighted by Crippen LogP contribution is 2.09. The van der Waals surface area contributed by atoms with E-state index in [0.29, 0.717) is 25.2 Å². The van der Waals surface area contributed by atoms with Gasteiger partial charge in [-0.3, -0.25) is 0 Å². The smallest absolute Gasteiger partial charge is 0.315 e. The van der Waals surface area contributed by atoms with Gasteiger partial charge in [0.25, 0.3) is 0 Å². The molecule has 130 valence electrons. The van der Waals surface area contributed by atoms with Crippen molar-refractivity contribution in [1.82, 2.24) is 20.4 Å². The first-order valence-corrected chi connectivity index (χ1v) is 8.05. The Morgan fingerprint density at radius 3 is 2.71 bits per heavy atom. The first-order valence-electron chi connectivity index (χ1n) is 8.05. The second-order valence-corrected chi connectivity index (χ2v) is 5.58. The van der Waals surface area contributed by atoms with Crippen LogP contribution in [0.5, 0.6) is 0 Å². The lowest BCUT2D eigenvalue weighted by molar-refractivity contribution is 0.230. The summed E-state index contributed by atoms with van der Waals surface area (Å²) in [5, 5.41) is 18.8. The minimum absolute atomic E-state index is 0.128. The van der Waals surface area contributed by atoms with Gasteiger partial charge in [-0.25, -0.2) is 13.9 Å². The largest absolute Gasteiger partial charge is 0.396 e. The van der Waals surface area contributed by atoms with Crippen LogP contribution in [-0.4, -0.2) is 34.1 Å². The quantitative estimate of drug-likeness (QED) is 0.692. The molecule has 0 aliphatic rings. The summed E-state index contributed by atoms with van der Waals surface area (Å²) in [6, 6.07) is 7.56. The molecule has 0 saturated carbocycles. The van der Waals surface area contributed by atoms with Gasteiger partial charge in [0.2, 0.25) is 0 Å². The van der Waals surface area contributed by atoms with Crippen LogP contribution in [0.4, 0.5) is 9.18 Å². The molecule has 0 bridgehead atoms. The van der Waals surface area contributed by atoms with Gasteiger partial charge in [-0.15, -0.1) is 0 Å². The van der Waals surface area contributed by atoms with Crippen LogP contribution >= 0.6 is 0 Å². The molecule has 2 amide bonds. The lowest BCUT2D eigenvalue weighted by Gasteiger charge is -2.14. The molecule has 7 heteroatoms. The number of rotatable bonds is 8. The number of carbonyl (C=O) groups excluding carboxylic acids is 1. The van der Waals surface area contributed by atoms with E-state index in [1.165, 1.54) is 12.1 Å². The molecule has 1 aromatic heterocycles. The van der Waals surface area contributed by atoms with Crippen LogP contribution < -0.4 is 10.6 Å². The number of aromatic nitrogens is 2. The summed E-state index contributed by atoms with van der Waals surface area (Å²) in [5.41, 5.74) is 1.46. The number of amides is 2. The fraction of sp³-hybridized carbons (Fsp3) is 0.412. The molecule has 0 aliphatic carbocycles.